The van der Waals surface area contributed by atoms with Gasteiger partial charge in [-0.3, -0.25) is 14.4 Å². The first-order valence-electron chi connectivity index (χ1n) is 4.89. The predicted molar refractivity (Wildman–Crippen MR) is 52.0 cm³/mol. The fraction of sp³-hybridized carbons (Fsp3) is 0.700. The number of carbonyl (C=O) groups excluding carboxylic acids is 3. The highest BCUT2D eigenvalue weighted by molar-refractivity contribution is 6.18. The van der Waals surface area contributed by atoms with Gasteiger partial charge in [-0.1, -0.05) is 0 Å². The van der Waals surface area contributed by atoms with Crippen molar-refractivity contribution in [3.63, 3.8) is 0 Å². The number of ketones is 1. The molecule has 5 heteroatoms. The monoisotopic (exact) mass is 213 g/mol. The van der Waals surface area contributed by atoms with Crippen LogP contribution in [0.5, 0.6) is 0 Å². The Morgan fingerprint density at radius 3 is 2.60 bits per heavy atom. The lowest BCUT2D eigenvalue weighted by Crippen LogP contribution is -2.57. The Labute approximate surface area is 88.2 Å². The summed E-state index contributed by atoms with van der Waals surface area (Å²) in [7, 11) is 0. The molecule has 1 N–H and O–H groups in total. The van der Waals surface area contributed by atoms with Crippen LogP contribution in [0.15, 0.2) is 0 Å². The van der Waals surface area contributed by atoms with E-state index in [0.717, 1.165) is 0 Å². The highest BCUT2D eigenvalue weighted by Crippen LogP contribution is 2.20. The zero-order valence-corrected chi connectivity index (χ0v) is 9.12. The van der Waals surface area contributed by atoms with Crippen LogP contribution in [-0.2, 0) is 19.1 Å². The molecule has 15 heavy (non-hydrogen) atoms. The van der Waals surface area contributed by atoms with Crippen LogP contribution in [0.25, 0.3) is 0 Å². The fourth-order valence-corrected chi connectivity index (χ4v) is 1.60. The van der Waals surface area contributed by atoms with E-state index in [1.807, 2.05) is 0 Å². The Morgan fingerprint density at radius 1 is 1.53 bits per heavy atom. The number of esters is 1. The van der Waals surface area contributed by atoms with Gasteiger partial charge in [0, 0.05) is 12.0 Å². The van der Waals surface area contributed by atoms with Gasteiger partial charge in [-0.25, -0.2) is 0 Å². The lowest BCUT2D eigenvalue weighted by atomic mass is 9.85. The normalized spacial score (nSPS) is 24.6. The quantitative estimate of drug-likeness (QED) is 0.519. The summed E-state index contributed by atoms with van der Waals surface area (Å²) in [5, 5.41) is 2.61. The van der Waals surface area contributed by atoms with E-state index in [1.54, 1.807) is 20.8 Å². The summed E-state index contributed by atoms with van der Waals surface area (Å²) in [5.41, 5.74) is -0.572. The maximum atomic E-state index is 11.6. The lowest BCUT2D eigenvalue weighted by Gasteiger charge is -2.32. The van der Waals surface area contributed by atoms with Gasteiger partial charge in [0.2, 0.25) is 5.91 Å². The molecular weight excluding hydrogens is 198 g/mol. The SMILES string of the molecule is CCOC(=O)C1C(=O)CC(C)(C)NC1=O. The van der Waals surface area contributed by atoms with Crippen molar-refractivity contribution >= 4 is 17.7 Å². The molecule has 0 bridgehead atoms. The molecule has 1 rings (SSSR count). The molecular formula is C10H15NO4. The first kappa shape index (κ1) is 11.7. The van der Waals surface area contributed by atoms with Crippen molar-refractivity contribution in [2.24, 2.45) is 5.92 Å². The third-order valence-electron chi connectivity index (χ3n) is 2.18. The standard InChI is InChI=1S/C10H15NO4/c1-4-15-9(14)7-6(12)5-10(2,3)11-8(7)13/h7H,4-5H2,1-3H3,(H,11,13). The number of ether oxygens (including phenoxy) is 1. The second-order valence-electron chi connectivity index (χ2n) is 4.20. The maximum absolute atomic E-state index is 11.6. The summed E-state index contributed by atoms with van der Waals surface area (Å²) in [6.45, 7) is 5.28. The Morgan fingerprint density at radius 2 is 2.13 bits per heavy atom. The molecule has 0 radical (unpaired) electrons. The molecule has 1 aliphatic rings. The van der Waals surface area contributed by atoms with Gasteiger partial charge < -0.3 is 10.1 Å². The van der Waals surface area contributed by atoms with E-state index in [4.69, 9.17) is 0 Å². The highest BCUT2D eigenvalue weighted by atomic mass is 16.5. The third kappa shape index (κ3) is 2.55. The van der Waals surface area contributed by atoms with E-state index in [9.17, 15) is 14.4 Å². The largest absolute Gasteiger partial charge is 0.465 e. The Hall–Kier alpha value is -1.39. The first-order valence-corrected chi connectivity index (χ1v) is 4.89. The molecule has 1 unspecified atom stereocenters. The summed E-state index contributed by atoms with van der Waals surface area (Å²) < 4.78 is 4.67. The molecule has 5 nitrogen and oxygen atoms in total. The van der Waals surface area contributed by atoms with Gasteiger partial charge in [-0.15, -0.1) is 0 Å². The molecule has 1 saturated heterocycles. The molecule has 0 aromatic carbocycles. The van der Waals surface area contributed by atoms with Crippen LogP contribution in [0.2, 0.25) is 0 Å². The van der Waals surface area contributed by atoms with Crippen LogP contribution in [-0.4, -0.2) is 29.8 Å². The lowest BCUT2D eigenvalue weighted by molar-refractivity contribution is -0.158. The summed E-state index contributed by atoms with van der Waals surface area (Å²) in [4.78, 5) is 34.4. The maximum Gasteiger partial charge on any atom is 0.326 e. The van der Waals surface area contributed by atoms with Crippen molar-refractivity contribution in [3.05, 3.63) is 0 Å². The van der Waals surface area contributed by atoms with Crippen molar-refractivity contribution in [2.75, 3.05) is 6.61 Å². The number of hydrogen-bond donors (Lipinski definition) is 1. The first-order chi connectivity index (χ1) is 6.87. The number of piperidine rings is 1. The van der Waals surface area contributed by atoms with E-state index < -0.39 is 23.3 Å². The van der Waals surface area contributed by atoms with Crippen LogP contribution in [0.3, 0.4) is 0 Å². The molecule has 1 heterocycles. The average Bonchev–Trinajstić information content (AvgIpc) is 1.99. The fourth-order valence-electron chi connectivity index (χ4n) is 1.60. The molecule has 84 valence electrons. The number of carbonyl (C=O) groups is 3. The predicted octanol–water partition coefficient (Wildman–Crippen LogP) is 0.0333. The van der Waals surface area contributed by atoms with E-state index in [-0.39, 0.29) is 18.8 Å². The van der Waals surface area contributed by atoms with E-state index in [0.29, 0.717) is 0 Å². The number of amides is 1. The molecule has 1 fully saturated rings. The van der Waals surface area contributed by atoms with Crippen LogP contribution < -0.4 is 5.32 Å². The van der Waals surface area contributed by atoms with Gasteiger partial charge >= 0.3 is 5.97 Å². The number of Topliss-reactive ketones (excluding diaryl/α,β-unsaturated/α-hetero) is 1. The minimum Gasteiger partial charge on any atom is -0.465 e. The summed E-state index contributed by atoms with van der Waals surface area (Å²) in [6, 6.07) is 0. The van der Waals surface area contributed by atoms with Crippen molar-refractivity contribution in [2.45, 2.75) is 32.7 Å². The van der Waals surface area contributed by atoms with Gasteiger partial charge in [0.15, 0.2) is 11.7 Å². The molecule has 0 saturated carbocycles. The summed E-state index contributed by atoms with van der Waals surface area (Å²) in [6.07, 6.45) is 0.155. The molecule has 1 atom stereocenters. The molecule has 0 spiro atoms. The highest BCUT2D eigenvalue weighted by Gasteiger charge is 2.44. The van der Waals surface area contributed by atoms with E-state index in [2.05, 4.69) is 10.1 Å². The van der Waals surface area contributed by atoms with Crippen LogP contribution >= 0.6 is 0 Å². The number of rotatable bonds is 2. The number of hydrogen-bond acceptors (Lipinski definition) is 4. The molecule has 0 aromatic heterocycles. The van der Waals surface area contributed by atoms with E-state index >= 15 is 0 Å². The van der Waals surface area contributed by atoms with Crippen molar-refractivity contribution in [3.8, 4) is 0 Å². The molecule has 0 aliphatic carbocycles. The van der Waals surface area contributed by atoms with Crippen LogP contribution in [0.4, 0.5) is 0 Å². The minimum atomic E-state index is -1.28. The molecule has 1 aliphatic heterocycles. The van der Waals surface area contributed by atoms with Gasteiger partial charge in [0.25, 0.3) is 0 Å². The van der Waals surface area contributed by atoms with Gasteiger partial charge in [-0.05, 0) is 20.8 Å². The minimum absolute atomic E-state index is 0.155. The second-order valence-corrected chi connectivity index (χ2v) is 4.20. The third-order valence-corrected chi connectivity index (χ3v) is 2.18. The van der Waals surface area contributed by atoms with Crippen molar-refractivity contribution in [1.29, 1.82) is 0 Å². The topological polar surface area (TPSA) is 72.5 Å². The summed E-state index contributed by atoms with van der Waals surface area (Å²) in [5.74, 6) is -2.97. The zero-order valence-electron chi connectivity index (χ0n) is 9.12. The van der Waals surface area contributed by atoms with E-state index in [1.165, 1.54) is 0 Å². The molecule has 1 amide bonds. The van der Waals surface area contributed by atoms with Gasteiger partial charge in [0.1, 0.15) is 0 Å². The van der Waals surface area contributed by atoms with Gasteiger partial charge in [-0.2, -0.15) is 0 Å². The van der Waals surface area contributed by atoms with Crippen molar-refractivity contribution < 1.29 is 19.1 Å². The van der Waals surface area contributed by atoms with Gasteiger partial charge in [0.05, 0.1) is 6.61 Å². The Kier molecular flexibility index (Phi) is 3.12. The molecule has 0 aromatic rings. The zero-order chi connectivity index (χ0) is 11.6. The second kappa shape index (κ2) is 4.00. The smallest absolute Gasteiger partial charge is 0.326 e. The number of nitrogens with one attached hydrogen (secondary N) is 1. The summed E-state index contributed by atoms with van der Waals surface area (Å²) >= 11 is 0. The average molecular weight is 213 g/mol. The van der Waals surface area contributed by atoms with Crippen LogP contribution in [0, 0.1) is 5.92 Å². The van der Waals surface area contributed by atoms with Crippen LogP contribution in [0.1, 0.15) is 27.2 Å². The Bertz CT molecular complexity index is 289. The Balaban J connectivity index is 2.80. The van der Waals surface area contributed by atoms with Crippen molar-refractivity contribution in [1.82, 2.24) is 5.32 Å².